The van der Waals surface area contributed by atoms with E-state index in [1.54, 1.807) is 12.1 Å². The van der Waals surface area contributed by atoms with E-state index in [2.05, 4.69) is 66.8 Å². The number of carbonyl (C=O) groups is 2. The third kappa shape index (κ3) is 5.68. The molecule has 0 bridgehead atoms. The molecular formula is C31H31ClN2O3. The molecule has 1 saturated heterocycles. The fraction of sp³-hybridized carbons (Fsp3) is 0.226. The van der Waals surface area contributed by atoms with E-state index in [0.717, 1.165) is 6.54 Å². The minimum atomic E-state index is -0.995. The van der Waals surface area contributed by atoms with Crippen molar-refractivity contribution >= 4 is 35.1 Å². The predicted octanol–water partition coefficient (Wildman–Crippen LogP) is 6.17. The molecule has 1 fully saturated rings. The minimum absolute atomic E-state index is 0. The van der Waals surface area contributed by atoms with Gasteiger partial charge in [0.15, 0.2) is 0 Å². The number of amides is 1. The van der Waals surface area contributed by atoms with Gasteiger partial charge in [0.2, 0.25) is 0 Å². The summed E-state index contributed by atoms with van der Waals surface area (Å²) in [5.41, 5.74) is 3.21. The molecule has 5 nitrogen and oxygen atoms in total. The molecule has 190 valence electrons. The zero-order valence-corrected chi connectivity index (χ0v) is 21.5. The maximum Gasteiger partial charge on any atom is 0.335 e. The van der Waals surface area contributed by atoms with Gasteiger partial charge in [-0.1, -0.05) is 72.8 Å². The van der Waals surface area contributed by atoms with Crippen LogP contribution in [0.2, 0.25) is 0 Å². The van der Waals surface area contributed by atoms with Crippen molar-refractivity contribution in [3.05, 3.63) is 119 Å². The number of rotatable bonds is 7. The van der Waals surface area contributed by atoms with Gasteiger partial charge in [-0.25, -0.2) is 4.79 Å². The molecule has 0 unspecified atom stereocenters. The summed E-state index contributed by atoms with van der Waals surface area (Å²) in [6.45, 7) is 4.26. The average molecular weight is 515 g/mol. The summed E-state index contributed by atoms with van der Waals surface area (Å²) in [5.74, 6) is -0.573. The summed E-state index contributed by atoms with van der Waals surface area (Å²) in [4.78, 5) is 26.4. The van der Waals surface area contributed by atoms with Crippen LogP contribution in [-0.4, -0.2) is 41.5 Å². The number of halogens is 1. The lowest BCUT2D eigenvalue weighted by molar-refractivity contribution is 0.0695. The number of carboxylic acid groups (broad SMARTS) is 1. The van der Waals surface area contributed by atoms with Gasteiger partial charge in [-0.15, -0.1) is 12.4 Å². The second-order valence-electron chi connectivity index (χ2n) is 9.57. The molecular weight excluding hydrogens is 484 g/mol. The first-order valence-corrected chi connectivity index (χ1v) is 12.4. The lowest BCUT2D eigenvalue weighted by atomic mass is 9.88. The van der Waals surface area contributed by atoms with Gasteiger partial charge in [0.25, 0.3) is 5.91 Å². The Morgan fingerprint density at radius 1 is 0.865 bits per heavy atom. The molecule has 1 amide bonds. The fourth-order valence-electron chi connectivity index (χ4n) is 5.33. The van der Waals surface area contributed by atoms with Crippen molar-refractivity contribution in [1.29, 1.82) is 0 Å². The number of nitrogens with one attached hydrogen (secondary N) is 1. The number of likely N-dealkylation sites (tertiary alicyclic amines) is 1. The summed E-state index contributed by atoms with van der Waals surface area (Å²) in [7, 11) is 0. The van der Waals surface area contributed by atoms with Crippen LogP contribution in [0.5, 0.6) is 0 Å². The van der Waals surface area contributed by atoms with Crippen LogP contribution >= 0.6 is 12.4 Å². The normalized spacial score (nSPS) is 17.8. The zero-order valence-electron chi connectivity index (χ0n) is 20.7. The van der Waals surface area contributed by atoms with Gasteiger partial charge in [-0.2, -0.15) is 0 Å². The molecule has 1 aliphatic heterocycles. The molecule has 0 aromatic heterocycles. The average Bonchev–Trinajstić information content (AvgIpc) is 3.36. The van der Waals surface area contributed by atoms with Crippen LogP contribution in [0.1, 0.15) is 50.7 Å². The van der Waals surface area contributed by atoms with E-state index in [4.69, 9.17) is 5.11 Å². The number of hydrogen-bond acceptors (Lipinski definition) is 3. The van der Waals surface area contributed by atoms with Crippen LogP contribution < -0.4 is 5.32 Å². The van der Waals surface area contributed by atoms with Crippen LogP contribution in [0.3, 0.4) is 0 Å². The third-order valence-corrected chi connectivity index (χ3v) is 7.31. The Bertz CT molecular complexity index is 1370. The first kappa shape index (κ1) is 26.4. The molecule has 37 heavy (non-hydrogen) atoms. The Morgan fingerprint density at radius 2 is 1.51 bits per heavy atom. The van der Waals surface area contributed by atoms with E-state index in [0.29, 0.717) is 18.7 Å². The molecule has 3 atom stereocenters. The van der Waals surface area contributed by atoms with E-state index in [1.165, 1.54) is 34.0 Å². The Kier molecular flexibility index (Phi) is 8.27. The summed E-state index contributed by atoms with van der Waals surface area (Å²) in [5, 5.41) is 15.4. The first-order chi connectivity index (χ1) is 17.5. The van der Waals surface area contributed by atoms with Crippen molar-refractivity contribution in [1.82, 2.24) is 10.2 Å². The SMILES string of the molecule is C[C@@H](NC[C@H]1CN(C(=O)c2ccc(C(=O)O)cc2)C[C@@H]1c1ccccc1)c1cccc2ccccc12.Cl. The molecule has 2 N–H and O–H groups in total. The Hall–Kier alpha value is -3.67. The van der Waals surface area contributed by atoms with E-state index >= 15 is 0 Å². The largest absolute Gasteiger partial charge is 0.478 e. The summed E-state index contributed by atoms with van der Waals surface area (Å²) in [6.07, 6.45) is 0. The first-order valence-electron chi connectivity index (χ1n) is 12.4. The lowest BCUT2D eigenvalue weighted by Crippen LogP contribution is -2.32. The molecule has 1 heterocycles. The monoisotopic (exact) mass is 514 g/mol. The maximum atomic E-state index is 13.3. The summed E-state index contributed by atoms with van der Waals surface area (Å²) in [6, 6.07) is 31.6. The molecule has 4 aromatic carbocycles. The summed E-state index contributed by atoms with van der Waals surface area (Å²) >= 11 is 0. The van der Waals surface area contributed by atoms with Crippen molar-refractivity contribution in [3.8, 4) is 0 Å². The predicted molar refractivity (Wildman–Crippen MR) is 150 cm³/mol. The van der Waals surface area contributed by atoms with Crippen molar-refractivity contribution < 1.29 is 14.7 Å². The Morgan fingerprint density at radius 3 is 2.24 bits per heavy atom. The quantitative estimate of drug-likeness (QED) is 0.309. The molecule has 0 spiro atoms. The maximum absolute atomic E-state index is 13.3. The smallest absolute Gasteiger partial charge is 0.335 e. The van der Waals surface area contributed by atoms with Gasteiger partial charge in [0.1, 0.15) is 0 Å². The number of nitrogens with zero attached hydrogens (tertiary/aromatic N) is 1. The second kappa shape index (κ2) is 11.6. The Balaban J connectivity index is 0.00000320. The van der Waals surface area contributed by atoms with Gasteiger partial charge < -0.3 is 15.3 Å². The number of carboxylic acids is 1. The topological polar surface area (TPSA) is 69.6 Å². The fourth-order valence-corrected chi connectivity index (χ4v) is 5.33. The highest BCUT2D eigenvalue weighted by Crippen LogP contribution is 2.34. The van der Waals surface area contributed by atoms with Crippen molar-refractivity contribution in [2.75, 3.05) is 19.6 Å². The van der Waals surface area contributed by atoms with E-state index < -0.39 is 5.97 Å². The van der Waals surface area contributed by atoms with E-state index in [1.807, 2.05) is 23.1 Å². The number of fused-ring (bicyclic) bond motifs is 1. The van der Waals surface area contributed by atoms with Crippen LogP contribution in [0, 0.1) is 5.92 Å². The number of hydrogen-bond donors (Lipinski definition) is 2. The lowest BCUT2D eigenvalue weighted by Gasteiger charge is -2.23. The molecule has 4 aromatic rings. The molecule has 5 rings (SSSR count). The van der Waals surface area contributed by atoms with E-state index in [-0.39, 0.29) is 41.8 Å². The standard InChI is InChI=1S/C31H30N2O3.ClH/c1-21(27-13-7-11-22-10-5-6-12-28(22)27)32-18-26-19-33(20-29(26)23-8-3-2-4-9-23)30(34)24-14-16-25(17-15-24)31(35)36;/h2-17,21,26,29,32H,18-20H2,1H3,(H,35,36);1H/t21-,26+,29-;/m1./s1. The van der Waals surface area contributed by atoms with Gasteiger partial charge in [-0.3, -0.25) is 4.79 Å². The number of carbonyl (C=O) groups excluding carboxylic acids is 1. The van der Waals surface area contributed by atoms with Gasteiger partial charge >= 0.3 is 5.97 Å². The van der Waals surface area contributed by atoms with Crippen molar-refractivity contribution in [3.63, 3.8) is 0 Å². The van der Waals surface area contributed by atoms with Crippen LogP contribution in [0.15, 0.2) is 97.1 Å². The van der Waals surface area contributed by atoms with Crippen LogP contribution in [0.25, 0.3) is 10.8 Å². The zero-order chi connectivity index (χ0) is 25.1. The molecule has 6 heteroatoms. The van der Waals surface area contributed by atoms with Crippen LogP contribution in [-0.2, 0) is 0 Å². The third-order valence-electron chi connectivity index (χ3n) is 7.31. The van der Waals surface area contributed by atoms with E-state index in [9.17, 15) is 9.59 Å². The number of benzene rings is 4. The molecule has 0 aliphatic carbocycles. The second-order valence-corrected chi connectivity index (χ2v) is 9.57. The highest BCUT2D eigenvalue weighted by molar-refractivity contribution is 5.96. The molecule has 1 aliphatic rings. The highest BCUT2D eigenvalue weighted by Gasteiger charge is 2.36. The number of aromatic carboxylic acids is 1. The van der Waals surface area contributed by atoms with Gasteiger partial charge in [0.05, 0.1) is 5.56 Å². The molecule has 0 radical (unpaired) electrons. The minimum Gasteiger partial charge on any atom is -0.478 e. The highest BCUT2D eigenvalue weighted by atomic mass is 35.5. The Labute approximate surface area is 223 Å². The van der Waals surface area contributed by atoms with Crippen molar-refractivity contribution in [2.24, 2.45) is 5.92 Å². The molecule has 0 saturated carbocycles. The van der Waals surface area contributed by atoms with Crippen LogP contribution in [0.4, 0.5) is 0 Å². The van der Waals surface area contributed by atoms with Crippen molar-refractivity contribution in [2.45, 2.75) is 18.9 Å². The van der Waals surface area contributed by atoms with Gasteiger partial charge in [0, 0.05) is 37.2 Å². The van der Waals surface area contributed by atoms with Gasteiger partial charge in [-0.05, 0) is 59.0 Å². The summed E-state index contributed by atoms with van der Waals surface area (Å²) < 4.78 is 0.